The Morgan fingerprint density at radius 2 is 2.04 bits per heavy atom. The molecule has 2 saturated heterocycles. The molecule has 26 heavy (non-hydrogen) atoms. The molecule has 0 bridgehead atoms. The highest BCUT2D eigenvalue weighted by Crippen LogP contribution is 2.32. The van der Waals surface area contributed by atoms with Gasteiger partial charge < -0.3 is 10.6 Å². The normalized spacial score (nSPS) is 24.5. The standard InChI is InChI=1S/C17H21N5O3S/c1-10-8-21-13(23)7-12(19-16(21)26-10)9-22-14(24)17(2,20-15(22)25)11-3-5-18-6-4-11/h7-8,11,18H,3-6,9H2,1-2H3,(H,20,25). The molecule has 3 amide bonds. The number of fused-ring (bicyclic) bond motifs is 1. The van der Waals surface area contributed by atoms with Crippen LogP contribution in [0.15, 0.2) is 17.1 Å². The van der Waals surface area contributed by atoms with Crippen LogP contribution in [0.25, 0.3) is 4.96 Å². The molecule has 0 radical (unpaired) electrons. The van der Waals surface area contributed by atoms with Crippen LogP contribution in [0, 0.1) is 12.8 Å². The molecule has 1 atom stereocenters. The van der Waals surface area contributed by atoms with Crippen molar-refractivity contribution in [2.75, 3.05) is 13.1 Å². The maximum absolute atomic E-state index is 13.0. The number of aryl methyl sites for hydroxylation is 1. The molecule has 0 saturated carbocycles. The Labute approximate surface area is 154 Å². The molecule has 2 aliphatic rings. The van der Waals surface area contributed by atoms with E-state index in [1.54, 1.807) is 13.1 Å². The van der Waals surface area contributed by atoms with Crippen LogP contribution in [0.3, 0.4) is 0 Å². The number of piperidine rings is 1. The van der Waals surface area contributed by atoms with Crippen LogP contribution in [-0.4, -0.2) is 44.9 Å². The van der Waals surface area contributed by atoms with Gasteiger partial charge in [0.05, 0.1) is 12.2 Å². The topological polar surface area (TPSA) is 95.8 Å². The molecule has 2 fully saturated rings. The smallest absolute Gasteiger partial charge is 0.323 e. The lowest BCUT2D eigenvalue weighted by molar-refractivity contribution is -0.133. The second kappa shape index (κ2) is 6.17. The number of amides is 3. The van der Waals surface area contributed by atoms with E-state index in [2.05, 4.69) is 15.6 Å². The van der Waals surface area contributed by atoms with Crippen molar-refractivity contribution in [2.24, 2.45) is 5.92 Å². The van der Waals surface area contributed by atoms with Crippen molar-refractivity contribution in [2.45, 2.75) is 38.8 Å². The Morgan fingerprint density at radius 3 is 2.77 bits per heavy atom. The van der Waals surface area contributed by atoms with Gasteiger partial charge in [0, 0.05) is 17.1 Å². The molecule has 0 aliphatic carbocycles. The molecular formula is C17H21N5O3S. The summed E-state index contributed by atoms with van der Waals surface area (Å²) in [5, 5.41) is 6.15. The summed E-state index contributed by atoms with van der Waals surface area (Å²) < 4.78 is 1.48. The Hall–Kier alpha value is -2.26. The van der Waals surface area contributed by atoms with E-state index in [0.29, 0.717) is 10.7 Å². The highest BCUT2D eigenvalue weighted by molar-refractivity contribution is 7.16. The summed E-state index contributed by atoms with van der Waals surface area (Å²) in [5.41, 5.74) is -0.671. The zero-order valence-corrected chi connectivity index (χ0v) is 15.6. The van der Waals surface area contributed by atoms with Crippen molar-refractivity contribution in [3.05, 3.63) is 33.2 Å². The Balaban J connectivity index is 1.61. The lowest BCUT2D eigenvalue weighted by atomic mass is 9.79. The van der Waals surface area contributed by atoms with E-state index < -0.39 is 11.6 Å². The summed E-state index contributed by atoms with van der Waals surface area (Å²) in [6.45, 7) is 5.40. The minimum atomic E-state index is -0.891. The maximum Gasteiger partial charge on any atom is 0.325 e. The molecule has 0 spiro atoms. The van der Waals surface area contributed by atoms with Gasteiger partial charge in [-0.05, 0) is 45.7 Å². The van der Waals surface area contributed by atoms with Crippen molar-refractivity contribution >= 4 is 28.2 Å². The minimum Gasteiger partial charge on any atom is -0.323 e. The predicted octanol–water partition coefficient (Wildman–Crippen LogP) is 0.875. The van der Waals surface area contributed by atoms with Crippen LogP contribution >= 0.6 is 11.3 Å². The number of carbonyl (C=O) groups excluding carboxylic acids is 2. The number of carbonyl (C=O) groups is 2. The van der Waals surface area contributed by atoms with E-state index >= 15 is 0 Å². The van der Waals surface area contributed by atoms with E-state index in [1.807, 2.05) is 6.92 Å². The van der Waals surface area contributed by atoms with Gasteiger partial charge in [0.25, 0.3) is 11.5 Å². The van der Waals surface area contributed by atoms with E-state index in [9.17, 15) is 14.4 Å². The van der Waals surface area contributed by atoms with Crippen LogP contribution in [0.4, 0.5) is 4.79 Å². The fourth-order valence-corrected chi connectivity index (χ4v) is 4.69. The quantitative estimate of drug-likeness (QED) is 0.777. The van der Waals surface area contributed by atoms with Crippen molar-refractivity contribution in [3.63, 3.8) is 0 Å². The summed E-state index contributed by atoms with van der Waals surface area (Å²) in [5.74, 6) is -0.134. The van der Waals surface area contributed by atoms with Crippen LogP contribution < -0.4 is 16.2 Å². The highest BCUT2D eigenvalue weighted by atomic mass is 32.1. The second-order valence-corrected chi connectivity index (χ2v) is 8.34. The molecule has 2 aromatic rings. The third-order valence-corrected chi connectivity index (χ3v) is 6.21. The lowest BCUT2D eigenvalue weighted by Crippen LogP contribution is -2.53. The third kappa shape index (κ3) is 2.71. The minimum absolute atomic E-state index is 0.00785. The van der Waals surface area contributed by atoms with Crippen molar-refractivity contribution in [1.29, 1.82) is 0 Å². The van der Waals surface area contributed by atoms with Gasteiger partial charge >= 0.3 is 6.03 Å². The predicted molar refractivity (Wildman–Crippen MR) is 97.2 cm³/mol. The second-order valence-electron chi connectivity index (χ2n) is 7.13. The van der Waals surface area contributed by atoms with Gasteiger partial charge in [-0.3, -0.25) is 18.9 Å². The van der Waals surface area contributed by atoms with Crippen LogP contribution in [0.5, 0.6) is 0 Å². The fourth-order valence-electron chi connectivity index (χ4n) is 3.84. The molecule has 8 nitrogen and oxygen atoms in total. The molecule has 138 valence electrons. The SMILES string of the molecule is Cc1cn2c(=O)cc(CN3C(=O)NC(C)(C4CCNCC4)C3=O)nc2s1. The molecule has 0 aromatic carbocycles. The van der Waals surface area contributed by atoms with Crippen LogP contribution in [0.2, 0.25) is 0 Å². The fraction of sp³-hybridized carbons (Fsp3) is 0.529. The monoisotopic (exact) mass is 375 g/mol. The summed E-state index contributed by atoms with van der Waals surface area (Å²) in [7, 11) is 0. The van der Waals surface area contributed by atoms with Gasteiger partial charge in [-0.25, -0.2) is 9.78 Å². The zero-order chi connectivity index (χ0) is 18.5. The molecule has 1 unspecified atom stereocenters. The molecule has 4 rings (SSSR count). The number of hydrogen-bond donors (Lipinski definition) is 2. The number of urea groups is 1. The van der Waals surface area contributed by atoms with Gasteiger partial charge in [-0.2, -0.15) is 0 Å². The first kappa shape index (κ1) is 17.2. The first-order valence-electron chi connectivity index (χ1n) is 8.72. The Morgan fingerprint density at radius 1 is 1.31 bits per heavy atom. The average molecular weight is 375 g/mol. The van der Waals surface area contributed by atoms with E-state index in [0.717, 1.165) is 30.8 Å². The first-order valence-corrected chi connectivity index (χ1v) is 9.54. The van der Waals surface area contributed by atoms with Crippen LogP contribution in [0.1, 0.15) is 30.3 Å². The van der Waals surface area contributed by atoms with Crippen molar-refractivity contribution in [1.82, 2.24) is 24.9 Å². The highest BCUT2D eigenvalue weighted by Gasteiger charge is 2.52. The Bertz CT molecular complexity index is 946. The van der Waals surface area contributed by atoms with Gasteiger partial charge in [0.2, 0.25) is 0 Å². The van der Waals surface area contributed by atoms with Gasteiger partial charge in [0.15, 0.2) is 4.96 Å². The Kier molecular flexibility index (Phi) is 4.07. The summed E-state index contributed by atoms with van der Waals surface area (Å²) >= 11 is 1.40. The molecule has 2 aliphatic heterocycles. The van der Waals surface area contributed by atoms with Crippen LogP contribution in [-0.2, 0) is 11.3 Å². The summed E-state index contributed by atoms with van der Waals surface area (Å²) in [6.07, 6.45) is 3.42. The van der Waals surface area contributed by atoms with Gasteiger partial charge in [0.1, 0.15) is 5.54 Å². The zero-order valence-electron chi connectivity index (χ0n) is 14.7. The van der Waals surface area contributed by atoms with Gasteiger partial charge in [-0.1, -0.05) is 0 Å². The third-order valence-electron chi connectivity index (χ3n) is 5.31. The molecule has 2 aromatic heterocycles. The molecule has 9 heteroatoms. The number of hydrogen-bond acceptors (Lipinski definition) is 6. The number of nitrogens with one attached hydrogen (secondary N) is 2. The first-order chi connectivity index (χ1) is 12.4. The van der Waals surface area contributed by atoms with Crippen molar-refractivity contribution < 1.29 is 9.59 Å². The maximum atomic E-state index is 13.0. The van der Waals surface area contributed by atoms with E-state index in [-0.39, 0.29) is 23.9 Å². The van der Waals surface area contributed by atoms with Crippen molar-refractivity contribution in [3.8, 4) is 0 Å². The summed E-state index contributed by atoms with van der Waals surface area (Å²) in [6, 6.07) is 0.972. The number of rotatable bonds is 3. The molecule has 2 N–H and O–H groups in total. The van der Waals surface area contributed by atoms with E-state index in [1.165, 1.54) is 26.7 Å². The average Bonchev–Trinajstić information content (AvgIpc) is 3.09. The molecule has 4 heterocycles. The number of aromatic nitrogens is 2. The number of nitrogens with zero attached hydrogens (tertiary/aromatic N) is 3. The van der Waals surface area contributed by atoms with Gasteiger partial charge in [-0.15, -0.1) is 11.3 Å². The molecular weight excluding hydrogens is 354 g/mol. The lowest BCUT2D eigenvalue weighted by Gasteiger charge is -2.34. The van der Waals surface area contributed by atoms with E-state index in [4.69, 9.17) is 0 Å². The number of thiazole rings is 1. The number of imide groups is 1. The largest absolute Gasteiger partial charge is 0.325 e. The summed E-state index contributed by atoms with van der Waals surface area (Å²) in [4.78, 5) is 44.9.